The fourth-order valence-corrected chi connectivity index (χ4v) is 2.67. The zero-order valence-corrected chi connectivity index (χ0v) is 12.4. The molecule has 0 bridgehead atoms. The number of hydrogen-bond donors (Lipinski definition) is 1. The van der Waals surface area contributed by atoms with E-state index in [2.05, 4.69) is 22.0 Å². The monoisotopic (exact) mass is 300 g/mol. The molecule has 1 heterocycles. The maximum absolute atomic E-state index is 12.3. The maximum Gasteiger partial charge on any atom is 0.387 e. The highest BCUT2D eigenvalue weighted by Crippen LogP contribution is 2.30. The molecule has 0 radical (unpaired) electrons. The average molecular weight is 300 g/mol. The summed E-state index contributed by atoms with van der Waals surface area (Å²) in [5.41, 5.74) is 1.02. The van der Waals surface area contributed by atoms with Crippen molar-refractivity contribution < 1.29 is 18.3 Å². The van der Waals surface area contributed by atoms with Gasteiger partial charge in [-0.1, -0.05) is 6.07 Å². The van der Waals surface area contributed by atoms with Gasteiger partial charge in [0.15, 0.2) is 11.5 Å². The number of hydrogen-bond acceptors (Lipinski definition) is 4. The Kier molecular flexibility index (Phi) is 5.76. The van der Waals surface area contributed by atoms with Crippen molar-refractivity contribution in [3.05, 3.63) is 23.8 Å². The molecule has 0 aliphatic carbocycles. The van der Waals surface area contributed by atoms with Crippen LogP contribution in [0.4, 0.5) is 8.78 Å². The van der Waals surface area contributed by atoms with Crippen LogP contribution < -0.4 is 14.8 Å². The lowest BCUT2D eigenvalue weighted by Crippen LogP contribution is -2.40. The first kappa shape index (κ1) is 16.0. The minimum Gasteiger partial charge on any atom is -0.493 e. The van der Waals surface area contributed by atoms with Crippen molar-refractivity contribution in [1.82, 2.24) is 10.2 Å². The van der Waals surface area contributed by atoms with E-state index < -0.39 is 6.61 Å². The molecule has 4 nitrogen and oxygen atoms in total. The molecule has 1 fully saturated rings. The molecule has 118 valence electrons. The van der Waals surface area contributed by atoms with E-state index in [9.17, 15) is 8.78 Å². The third kappa shape index (κ3) is 4.54. The van der Waals surface area contributed by atoms with Crippen molar-refractivity contribution in [1.29, 1.82) is 0 Å². The van der Waals surface area contributed by atoms with E-state index in [1.807, 2.05) is 0 Å². The van der Waals surface area contributed by atoms with Crippen LogP contribution in [0, 0.1) is 0 Å². The van der Waals surface area contributed by atoms with Crippen molar-refractivity contribution in [3.63, 3.8) is 0 Å². The summed E-state index contributed by atoms with van der Waals surface area (Å²) in [6, 6.07) is 5.65. The lowest BCUT2D eigenvalue weighted by molar-refractivity contribution is -0.0512. The fourth-order valence-electron chi connectivity index (χ4n) is 2.67. The molecule has 0 amide bonds. The summed E-state index contributed by atoms with van der Waals surface area (Å²) < 4.78 is 34.2. The van der Waals surface area contributed by atoms with Crippen molar-refractivity contribution in [2.75, 3.05) is 27.2 Å². The van der Waals surface area contributed by atoms with E-state index >= 15 is 0 Å². The van der Waals surface area contributed by atoms with Gasteiger partial charge in [0.05, 0.1) is 7.11 Å². The third-order valence-corrected chi connectivity index (χ3v) is 3.81. The number of methoxy groups -OCH3 is 1. The Labute approximate surface area is 124 Å². The number of benzene rings is 1. The number of ether oxygens (including phenoxy) is 2. The second-order valence-corrected chi connectivity index (χ2v) is 5.26. The fraction of sp³-hybridized carbons (Fsp3) is 0.600. The Morgan fingerprint density at radius 1 is 1.29 bits per heavy atom. The second kappa shape index (κ2) is 7.56. The smallest absolute Gasteiger partial charge is 0.387 e. The molecular weight excluding hydrogens is 278 g/mol. The van der Waals surface area contributed by atoms with E-state index in [0.717, 1.165) is 38.0 Å². The minimum atomic E-state index is -2.85. The number of nitrogens with zero attached hydrogens (tertiary/aromatic N) is 1. The molecule has 0 atom stereocenters. The minimum absolute atomic E-state index is 0.0702. The van der Waals surface area contributed by atoms with E-state index in [4.69, 9.17) is 4.74 Å². The number of rotatable bonds is 6. The Balaban J connectivity index is 2.02. The highest BCUT2D eigenvalue weighted by Gasteiger charge is 2.18. The summed E-state index contributed by atoms with van der Waals surface area (Å²) in [5.74, 6) is 0.410. The van der Waals surface area contributed by atoms with Crippen LogP contribution in [0.3, 0.4) is 0 Å². The van der Waals surface area contributed by atoms with Crippen molar-refractivity contribution in [2.24, 2.45) is 0 Å². The molecule has 1 aliphatic rings. The molecule has 1 aliphatic heterocycles. The van der Waals surface area contributed by atoms with Gasteiger partial charge in [0, 0.05) is 12.6 Å². The Morgan fingerprint density at radius 3 is 2.62 bits per heavy atom. The van der Waals surface area contributed by atoms with Gasteiger partial charge in [0.1, 0.15) is 0 Å². The number of alkyl halides is 2. The van der Waals surface area contributed by atoms with Crippen LogP contribution in [0.5, 0.6) is 11.5 Å². The maximum atomic E-state index is 12.3. The first-order valence-corrected chi connectivity index (χ1v) is 7.13. The molecule has 2 rings (SSSR count). The van der Waals surface area contributed by atoms with E-state index in [-0.39, 0.29) is 5.75 Å². The molecule has 1 aromatic rings. The normalized spacial score (nSPS) is 16.5. The topological polar surface area (TPSA) is 33.7 Å². The molecule has 21 heavy (non-hydrogen) atoms. The lowest BCUT2D eigenvalue weighted by atomic mass is 10.0. The first-order valence-electron chi connectivity index (χ1n) is 7.13. The second-order valence-electron chi connectivity index (χ2n) is 5.26. The van der Waals surface area contributed by atoms with Gasteiger partial charge >= 0.3 is 6.61 Å². The predicted octanol–water partition coefficient (Wildman–Crippen LogP) is 2.48. The SMILES string of the molecule is COc1cc(CN(C)C2CCNCC2)ccc1OC(F)F. The number of piperidine rings is 1. The van der Waals surface area contributed by atoms with Gasteiger partial charge in [-0.05, 0) is 50.7 Å². The third-order valence-electron chi connectivity index (χ3n) is 3.81. The predicted molar refractivity (Wildman–Crippen MR) is 77.0 cm³/mol. The lowest BCUT2D eigenvalue weighted by Gasteiger charge is -2.31. The highest BCUT2D eigenvalue weighted by molar-refractivity contribution is 5.43. The van der Waals surface area contributed by atoms with Gasteiger partial charge in [0.2, 0.25) is 0 Å². The van der Waals surface area contributed by atoms with Gasteiger partial charge < -0.3 is 14.8 Å². The van der Waals surface area contributed by atoms with E-state index in [0.29, 0.717) is 11.8 Å². The molecule has 1 saturated heterocycles. The van der Waals surface area contributed by atoms with Gasteiger partial charge in [-0.3, -0.25) is 4.90 Å². The molecule has 1 N–H and O–H groups in total. The molecular formula is C15H22F2N2O2. The van der Waals surface area contributed by atoms with E-state index in [1.165, 1.54) is 13.2 Å². The summed E-state index contributed by atoms with van der Waals surface area (Å²) in [5, 5.41) is 3.34. The summed E-state index contributed by atoms with van der Waals surface area (Å²) >= 11 is 0. The van der Waals surface area contributed by atoms with E-state index in [1.54, 1.807) is 12.1 Å². The van der Waals surface area contributed by atoms with Crippen LogP contribution in [-0.2, 0) is 6.54 Å². The van der Waals surface area contributed by atoms with Gasteiger partial charge in [-0.25, -0.2) is 0 Å². The number of nitrogens with one attached hydrogen (secondary N) is 1. The largest absolute Gasteiger partial charge is 0.493 e. The Hall–Kier alpha value is -1.40. The van der Waals surface area contributed by atoms with Gasteiger partial charge in [0.25, 0.3) is 0 Å². The zero-order valence-electron chi connectivity index (χ0n) is 12.4. The number of halogens is 2. The molecule has 6 heteroatoms. The summed E-state index contributed by atoms with van der Waals surface area (Å²) in [6.07, 6.45) is 2.25. The quantitative estimate of drug-likeness (QED) is 0.875. The molecule has 1 aromatic carbocycles. The van der Waals surface area contributed by atoms with Crippen LogP contribution in [0.15, 0.2) is 18.2 Å². The zero-order chi connectivity index (χ0) is 15.2. The highest BCUT2D eigenvalue weighted by atomic mass is 19.3. The molecule has 0 spiro atoms. The van der Waals surface area contributed by atoms with Gasteiger partial charge in [-0.15, -0.1) is 0 Å². The van der Waals surface area contributed by atoms with Crippen molar-refractivity contribution in [3.8, 4) is 11.5 Å². The Bertz CT molecular complexity index is 451. The van der Waals surface area contributed by atoms with Crippen LogP contribution in [0.2, 0.25) is 0 Å². The van der Waals surface area contributed by atoms with Crippen LogP contribution >= 0.6 is 0 Å². The summed E-state index contributed by atoms with van der Waals surface area (Å²) in [6.45, 7) is -0.00298. The standard InChI is InChI=1S/C15H22F2N2O2/c1-19(12-5-7-18-8-6-12)10-11-3-4-13(21-15(16)17)14(9-11)20-2/h3-4,9,12,15,18H,5-8,10H2,1-2H3. The van der Waals surface area contributed by atoms with Crippen molar-refractivity contribution >= 4 is 0 Å². The van der Waals surface area contributed by atoms with Gasteiger partial charge in [-0.2, -0.15) is 8.78 Å². The Morgan fingerprint density at radius 2 is 2.00 bits per heavy atom. The molecule has 0 aromatic heterocycles. The van der Waals surface area contributed by atoms with Crippen LogP contribution in [-0.4, -0.2) is 44.8 Å². The average Bonchev–Trinajstić information content (AvgIpc) is 2.49. The van der Waals surface area contributed by atoms with Crippen LogP contribution in [0.25, 0.3) is 0 Å². The first-order chi connectivity index (χ1) is 10.1. The summed E-state index contributed by atoms with van der Waals surface area (Å²) in [7, 11) is 3.54. The molecule has 0 unspecified atom stereocenters. The van der Waals surface area contributed by atoms with Crippen molar-refractivity contribution in [2.45, 2.75) is 32.0 Å². The summed E-state index contributed by atoms with van der Waals surface area (Å²) in [4.78, 5) is 2.29. The van der Waals surface area contributed by atoms with Crippen LogP contribution in [0.1, 0.15) is 18.4 Å². The molecule has 0 saturated carbocycles.